The van der Waals surface area contributed by atoms with Crippen LogP contribution in [0.2, 0.25) is 0 Å². The second-order valence-electron chi connectivity index (χ2n) is 4.77. The Hall–Kier alpha value is -1.58. The molecular weight excluding hydrogens is 200 g/mol. The number of nitrogen functional groups attached to an aromatic ring is 1. The molecule has 0 aromatic carbocycles. The lowest BCUT2D eigenvalue weighted by Crippen LogP contribution is -2.27. The predicted molar refractivity (Wildman–Crippen MR) is 66.2 cm³/mol. The van der Waals surface area contributed by atoms with Crippen LogP contribution in [0, 0.1) is 0 Å². The smallest absolute Gasteiger partial charge is 0.160 e. The summed E-state index contributed by atoms with van der Waals surface area (Å²) >= 11 is 0. The summed E-state index contributed by atoms with van der Waals surface area (Å²) in [6.07, 6.45) is 4.04. The van der Waals surface area contributed by atoms with Crippen molar-refractivity contribution in [1.29, 1.82) is 0 Å². The van der Waals surface area contributed by atoms with Gasteiger partial charge in [-0.3, -0.25) is 0 Å². The Bertz CT molecular complexity index is 499. The van der Waals surface area contributed by atoms with Gasteiger partial charge in [-0.05, 0) is 32.4 Å². The van der Waals surface area contributed by atoms with E-state index in [-0.39, 0.29) is 5.54 Å². The van der Waals surface area contributed by atoms with Gasteiger partial charge in [0.2, 0.25) is 0 Å². The monoisotopic (exact) mass is 218 g/mol. The first-order chi connectivity index (χ1) is 7.54. The van der Waals surface area contributed by atoms with E-state index in [2.05, 4.69) is 30.9 Å². The van der Waals surface area contributed by atoms with Crippen molar-refractivity contribution in [2.45, 2.75) is 39.2 Å². The van der Waals surface area contributed by atoms with E-state index in [1.165, 1.54) is 0 Å². The van der Waals surface area contributed by atoms with E-state index in [4.69, 9.17) is 5.73 Å². The number of hydrogen-bond donors (Lipinski definition) is 1. The maximum Gasteiger partial charge on any atom is 0.160 e. The highest BCUT2D eigenvalue weighted by Gasteiger charge is 2.22. The van der Waals surface area contributed by atoms with Crippen LogP contribution in [-0.2, 0) is 5.54 Å². The number of anilines is 1. The molecular formula is C12H18N4. The summed E-state index contributed by atoms with van der Waals surface area (Å²) in [5.74, 6) is 0.543. The van der Waals surface area contributed by atoms with Crippen molar-refractivity contribution >= 4 is 16.9 Å². The number of fused-ring (bicyclic) bond motifs is 1. The number of nitrogens with zero attached hydrogens (tertiary/aromatic N) is 3. The predicted octanol–water partition coefficient (Wildman–Crippen LogP) is 2.55. The van der Waals surface area contributed by atoms with Gasteiger partial charge in [-0.15, -0.1) is 0 Å². The summed E-state index contributed by atoms with van der Waals surface area (Å²) in [6, 6.07) is 3.77. The summed E-state index contributed by atoms with van der Waals surface area (Å²) in [5.41, 5.74) is 6.57. The molecule has 0 amide bonds. The van der Waals surface area contributed by atoms with Crippen molar-refractivity contribution in [2.24, 2.45) is 0 Å². The molecule has 0 radical (unpaired) electrons. The van der Waals surface area contributed by atoms with Gasteiger partial charge in [-0.25, -0.2) is 9.67 Å². The molecule has 2 N–H and O–H groups in total. The van der Waals surface area contributed by atoms with Gasteiger partial charge in [-0.2, -0.15) is 5.10 Å². The van der Waals surface area contributed by atoms with E-state index in [1.54, 1.807) is 6.07 Å². The van der Waals surface area contributed by atoms with Gasteiger partial charge in [0.15, 0.2) is 5.65 Å². The molecule has 2 aromatic rings. The lowest BCUT2D eigenvalue weighted by molar-refractivity contribution is 0.301. The van der Waals surface area contributed by atoms with Crippen LogP contribution in [0.1, 0.15) is 33.6 Å². The molecule has 0 spiro atoms. The largest absolute Gasteiger partial charge is 0.384 e. The number of rotatable bonds is 3. The van der Waals surface area contributed by atoms with E-state index in [1.807, 2.05) is 16.9 Å². The van der Waals surface area contributed by atoms with Gasteiger partial charge in [-0.1, -0.05) is 13.3 Å². The first-order valence-electron chi connectivity index (χ1n) is 5.65. The fraction of sp³-hybridized carbons (Fsp3) is 0.500. The van der Waals surface area contributed by atoms with Crippen LogP contribution in [0.4, 0.5) is 5.82 Å². The van der Waals surface area contributed by atoms with E-state index in [0.717, 1.165) is 23.9 Å². The Morgan fingerprint density at radius 1 is 1.38 bits per heavy atom. The molecule has 0 aliphatic heterocycles. The SMILES string of the molecule is CCCC(C)(C)n1ncc2ccc(N)nc21. The van der Waals surface area contributed by atoms with Crippen molar-refractivity contribution in [3.63, 3.8) is 0 Å². The van der Waals surface area contributed by atoms with Gasteiger partial charge in [0.1, 0.15) is 5.82 Å². The highest BCUT2D eigenvalue weighted by Crippen LogP contribution is 2.25. The van der Waals surface area contributed by atoms with Crippen LogP contribution in [0.15, 0.2) is 18.3 Å². The number of hydrogen-bond acceptors (Lipinski definition) is 3. The molecule has 2 heterocycles. The zero-order valence-corrected chi connectivity index (χ0v) is 10.1. The maximum atomic E-state index is 5.72. The Morgan fingerprint density at radius 3 is 2.81 bits per heavy atom. The fourth-order valence-corrected chi connectivity index (χ4v) is 2.08. The van der Waals surface area contributed by atoms with Gasteiger partial charge in [0.25, 0.3) is 0 Å². The van der Waals surface area contributed by atoms with Crippen molar-refractivity contribution < 1.29 is 0 Å². The van der Waals surface area contributed by atoms with Gasteiger partial charge in [0.05, 0.1) is 11.7 Å². The minimum absolute atomic E-state index is 0.0166. The topological polar surface area (TPSA) is 56.7 Å². The van der Waals surface area contributed by atoms with Crippen molar-refractivity contribution in [2.75, 3.05) is 5.73 Å². The van der Waals surface area contributed by atoms with Crippen molar-refractivity contribution in [3.05, 3.63) is 18.3 Å². The van der Waals surface area contributed by atoms with Gasteiger partial charge in [0, 0.05) is 5.39 Å². The minimum Gasteiger partial charge on any atom is -0.384 e. The lowest BCUT2D eigenvalue weighted by atomic mass is 9.99. The minimum atomic E-state index is -0.0166. The Morgan fingerprint density at radius 2 is 2.12 bits per heavy atom. The highest BCUT2D eigenvalue weighted by atomic mass is 15.3. The Labute approximate surface area is 95.5 Å². The summed E-state index contributed by atoms with van der Waals surface area (Å²) < 4.78 is 1.97. The standard InChI is InChI=1S/C12H18N4/c1-4-7-12(2,3)16-11-9(8-14-16)5-6-10(13)15-11/h5-6,8H,4,7H2,1-3H3,(H2,13,15). The third-order valence-corrected chi connectivity index (χ3v) is 2.87. The van der Waals surface area contributed by atoms with E-state index >= 15 is 0 Å². The average Bonchev–Trinajstić information content (AvgIpc) is 2.60. The number of nitrogens with two attached hydrogens (primary N) is 1. The molecule has 0 aliphatic carbocycles. The quantitative estimate of drug-likeness (QED) is 0.861. The summed E-state index contributed by atoms with van der Waals surface area (Å²) in [5, 5.41) is 5.47. The molecule has 4 heteroatoms. The summed E-state index contributed by atoms with van der Waals surface area (Å²) in [7, 11) is 0. The second-order valence-corrected chi connectivity index (χ2v) is 4.77. The van der Waals surface area contributed by atoms with Gasteiger partial charge < -0.3 is 5.73 Å². The molecule has 0 atom stereocenters. The Balaban J connectivity index is 2.56. The molecule has 0 bridgehead atoms. The van der Waals surface area contributed by atoms with Crippen LogP contribution < -0.4 is 5.73 Å². The van der Waals surface area contributed by atoms with Crippen LogP contribution >= 0.6 is 0 Å². The normalized spacial score (nSPS) is 12.2. The van der Waals surface area contributed by atoms with Crippen molar-refractivity contribution in [3.8, 4) is 0 Å². The van der Waals surface area contributed by atoms with Gasteiger partial charge >= 0.3 is 0 Å². The van der Waals surface area contributed by atoms with E-state index in [0.29, 0.717) is 5.82 Å². The molecule has 0 saturated carbocycles. The van der Waals surface area contributed by atoms with Crippen molar-refractivity contribution in [1.82, 2.24) is 14.8 Å². The summed E-state index contributed by atoms with van der Waals surface area (Å²) in [6.45, 7) is 6.52. The average molecular weight is 218 g/mol. The second kappa shape index (κ2) is 3.77. The van der Waals surface area contributed by atoms with Crippen LogP contribution in [0.5, 0.6) is 0 Å². The third-order valence-electron chi connectivity index (χ3n) is 2.87. The number of aromatic nitrogens is 3. The Kier molecular flexibility index (Phi) is 2.58. The van der Waals surface area contributed by atoms with Crippen LogP contribution in [-0.4, -0.2) is 14.8 Å². The molecule has 0 saturated heterocycles. The van der Waals surface area contributed by atoms with E-state index in [9.17, 15) is 0 Å². The molecule has 16 heavy (non-hydrogen) atoms. The molecule has 0 aliphatic rings. The zero-order chi connectivity index (χ0) is 11.8. The number of pyridine rings is 1. The molecule has 4 nitrogen and oxygen atoms in total. The van der Waals surface area contributed by atoms with Crippen LogP contribution in [0.3, 0.4) is 0 Å². The molecule has 2 aromatic heterocycles. The third kappa shape index (κ3) is 1.75. The first-order valence-corrected chi connectivity index (χ1v) is 5.65. The lowest BCUT2D eigenvalue weighted by Gasteiger charge is -2.25. The summed E-state index contributed by atoms with van der Waals surface area (Å²) in [4.78, 5) is 4.36. The first kappa shape index (κ1) is 10.9. The fourth-order valence-electron chi connectivity index (χ4n) is 2.08. The molecule has 86 valence electrons. The maximum absolute atomic E-state index is 5.72. The molecule has 0 fully saturated rings. The molecule has 2 rings (SSSR count). The zero-order valence-electron chi connectivity index (χ0n) is 10.1. The molecule has 0 unspecified atom stereocenters. The van der Waals surface area contributed by atoms with E-state index < -0.39 is 0 Å². The van der Waals surface area contributed by atoms with Crippen LogP contribution in [0.25, 0.3) is 11.0 Å². The highest BCUT2D eigenvalue weighted by molar-refractivity contribution is 5.76.